The van der Waals surface area contributed by atoms with Gasteiger partial charge < -0.3 is 0 Å². The summed E-state index contributed by atoms with van der Waals surface area (Å²) in [7, 11) is 0. The molecule has 0 aliphatic heterocycles. The molecule has 17 heavy (non-hydrogen) atoms. The average molecular weight is 233 g/mol. The molecule has 1 saturated carbocycles. The third-order valence-electron chi connectivity index (χ3n) is 3.13. The molecule has 1 aliphatic carbocycles. The monoisotopic (exact) mass is 233 g/mol. The highest BCUT2D eigenvalue weighted by atomic mass is 15.3. The summed E-state index contributed by atoms with van der Waals surface area (Å²) >= 11 is 0. The lowest BCUT2D eigenvalue weighted by Gasteiger charge is -2.23. The molecule has 0 bridgehead atoms. The van der Waals surface area contributed by atoms with Gasteiger partial charge >= 0.3 is 0 Å². The van der Waals surface area contributed by atoms with Crippen LogP contribution in [0.4, 0.5) is 0 Å². The van der Waals surface area contributed by atoms with E-state index in [9.17, 15) is 5.26 Å². The third kappa shape index (κ3) is 3.82. The molecular weight excluding hydrogens is 214 g/mol. The predicted molar refractivity (Wildman–Crippen MR) is 64.0 cm³/mol. The van der Waals surface area contributed by atoms with E-state index < -0.39 is 0 Å². The summed E-state index contributed by atoms with van der Waals surface area (Å²) < 4.78 is 1.83. The quantitative estimate of drug-likeness (QED) is 0.724. The van der Waals surface area contributed by atoms with E-state index in [1.165, 1.54) is 12.8 Å². The van der Waals surface area contributed by atoms with Crippen molar-refractivity contribution in [3.05, 3.63) is 12.7 Å². The van der Waals surface area contributed by atoms with Crippen molar-refractivity contribution in [3.8, 4) is 6.07 Å². The van der Waals surface area contributed by atoms with Crippen molar-refractivity contribution in [2.45, 2.75) is 57.2 Å². The standard InChI is InChI=1S/C12H19N5/c1-12(8-13,16-11-4-5-11)6-2-3-7-17-10-14-9-15-17/h9-11,16H,2-7H2,1H3. The normalized spacial score (nSPS) is 18.6. The topological polar surface area (TPSA) is 66.5 Å². The van der Waals surface area contributed by atoms with Crippen LogP contribution in [-0.4, -0.2) is 26.3 Å². The maximum absolute atomic E-state index is 9.21. The van der Waals surface area contributed by atoms with Crippen molar-refractivity contribution < 1.29 is 0 Å². The zero-order valence-electron chi connectivity index (χ0n) is 10.3. The van der Waals surface area contributed by atoms with Crippen molar-refractivity contribution in [2.24, 2.45) is 0 Å². The van der Waals surface area contributed by atoms with Crippen LogP contribution < -0.4 is 5.32 Å². The molecule has 1 aliphatic rings. The molecule has 1 atom stereocenters. The molecule has 2 rings (SSSR count). The van der Waals surface area contributed by atoms with E-state index in [0.717, 1.165) is 25.8 Å². The van der Waals surface area contributed by atoms with Gasteiger partial charge in [-0.1, -0.05) is 0 Å². The summed E-state index contributed by atoms with van der Waals surface area (Å²) in [5.74, 6) is 0. The fourth-order valence-electron chi connectivity index (χ4n) is 1.94. The minimum Gasteiger partial charge on any atom is -0.297 e. The number of hydrogen-bond donors (Lipinski definition) is 1. The molecule has 1 unspecified atom stereocenters. The Labute approximate surface area is 102 Å². The molecule has 1 aromatic rings. The molecule has 0 amide bonds. The van der Waals surface area contributed by atoms with Gasteiger partial charge in [-0.2, -0.15) is 10.4 Å². The lowest BCUT2D eigenvalue weighted by molar-refractivity contribution is 0.389. The molecule has 1 N–H and O–H groups in total. The summed E-state index contributed by atoms with van der Waals surface area (Å²) in [5, 5.41) is 16.7. The fourth-order valence-corrected chi connectivity index (χ4v) is 1.94. The number of aryl methyl sites for hydroxylation is 1. The Bertz CT molecular complexity index is 376. The van der Waals surface area contributed by atoms with E-state index in [2.05, 4.69) is 21.5 Å². The predicted octanol–water partition coefficient (Wildman–Crippen LogP) is 1.48. The van der Waals surface area contributed by atoms with Crippen LogP contribution in [0.5, 0.6) is 0 Å². The van der Waals surface area contributed by atoms with Crippen molar-refractivity contribution >= 4 is 0 Å². The lowest BCUT2D eigenvalue weighted by Crippen LogP contribution is -2.42. The van der Waals surface area contributed by atoms with Gasteiger partial charge in [0.2, 0.25) is 0 Å². The summed E-state index contributed by atoms with van der Waals surface area (Å²) in [4.78, 5) is 3.90. The van der Waals surface area contributed by atoms with Crippen LogP contribution in [0.25, 0.3) is 0 Å². The van der Waals surface area contributed by atoms with Crippen LogP contribution in [0.15, 0.2) is 12.7 Å². The van der Waals surface area contributed by atoms with E-state index in [0.29, 0.717) is 6.04 Å². The summed E-state index contributed by atoms with van der Waals surface area (Å²) in [6.45, 7) is 2.88. The van der Waals surface area contributed by atoms with Gasteiger partial charge in [-0.3, -0.25) is 10.00 Å². The van der Waals surface area contributed by atoms with Crippen LogP contribution >= 0.6 is 0 Å². The van der Waals surface area contributed by atoms with Gasteiger partial charge in [-0.15, -0.1) is 0 Å². The number of hydrogen-bond acceptors (Lipinski definition) is 4. The molecular formula is C12H19N5. The average Bonchev–Trinajstić information content (AvgIpc) is 2.97. The van der Waals surface area contributed by atoms with Gasteiger partial charge in [-0.25, -0.2) is 4.98 Å². The molecule has 1 aromatic heterocycles. The van der Waals surface area contributed by atoms with Crippen LogP contribution in [0, 0.1) is 11.3 Å². The smallest absolute Gasteiger partial charge is 0.137 e. The first-order valence-electron chi connectivity index (χ1n) is 6.23. The first-order valence-corrected chi connectivity index (χ1v) is 6.23. The highest BCUT2D eigenvalue weighted by Gasteiger charge is 2.31. The highest BCUT2D eigenvalue weighted by molar-refractivity contribution is 5.06. The molecule has 0 saturated heterocycles. The second-order valence-electron chi connectivity index (χ2n) is 4.98. The number of nitriles is 1. The van der Waals surface area contributed by atoms with Gasteiger partial charge in [-0.05, 0) is 39.0 Å². The zero-order chi connectivity index (χ0) is 12.1. The molecule has 5 nitrogen and oxygen atoms in total. The Morgan fingerprint density at radius 1 is 1.53 bits per heavy atom. The largest absolute Gasteiger partial charge is 0.297 e. The van der Waals surface area contributed by atoms with Crippen LogP contribution in [-0.2, 0) is 6.54 Å². The first-order chi connectivity index (χ1) is 8.22. The lowest BCUT2D eigenvalue weighted by atomic mass is 9.96. The van der Waals surface area contributed by atoms with Gasteiger partial charge in [0.15, 0.2) is 0 Å². The summed E-state index contributed by atoms with van der Waals surface area (Å²) in [6.07, 6.45) is 8.68. The Morgan fingerprint density at radius 3 is 2.94 bits per heavy atom. The van der Waals surface area contributed by atoms with Crippen LogP contribution in [0.3, 0.4) is 0 Å². The number of nitrogens with zero attached hydrogens (tertiary/aromatic N) is 4. The molecule has 0 radical (unpaired) electrons. The Balaban J connectivity index is 1.67. The second-order valence-corrected chi connectivity index (χ2v) is 4.98. The van der Waals surface area contributed by atoms with Crippen LogP contribution in [0.1, 0.15) is 39.0 Å². The molecule has 0 spiro atoms. The molecule has 92 valence electrons. The first kappa shape index (κ1) is 12.1. The Hall–Kier alpha value is -1.41. The molecule has 5 heteroatoms. The maximum Gasteiger partial charge on any atom is 0.137 e. The van der Waals surface area contributed by atoms with Crippen molar-refractivity contribution in [2.75, 3.05) is 0 Å². The van der Waals surface area contributed by atoms with E-state index >= 15 is 0 Å². The van der Waals surface area contributed by atoms with E-state index in [-0.39, 0.29) is 5.54 Å². The SMILES string of the molecule is CC(C#N)(CCCCn1cncn1)NC1CC1. The van der Waals surface area contributed by atoms with E-state index in [1.54, 1.807) is 12.7 Å². The molecule has 1 heterocycles. The van der Waals surface area contributed by atoms with Crippen LogP contribution in [0.2, 0.25) is 0 Å². The van der Waals surface area contributed by atoms with E-state index in [1.807, 2.05) is 11.6 Å². The number of aromatic nitrogens is 3. The highest BCUT2D eigenvalue weighted by Crippen LogP contribution is 2.24. The van der Waals surface area contributed by atoms with E-state index in [4.69, 9.17) is 0 Å². The number of unbranched alkanes of at least 4 members (excludes halogenated alkanes) is 1. The Morgan fingerprint density at radius 2 is 2.35 bits per heavy atom. The Kier molecular flexibility index (Phi) is 3.75. The van der Waals surface area contributed by atoms with Gasteiger partial charge in [0.1, 0.15) is 18.2 Å². The third-order valence-corrected chi connectivity index (χ3v) is 3.13. The van der Waals surface area contributed by atoms with Crippen molar-refractivity contribution in [1.82, 2.24) is 20.1 Å². The van der Waals surface area contributed by atoms with Gasteiger partial charge in [0, 0.05) is 12.6 Å². The molecule has 1 fully saturated rings. The van der Waals surface area contributed by atoms with Gasteiger partial charge in [0.25, 0.3) is 0 Å². The fraction of sp³-hybridized carbons (Fsp3) is 0.750. The maximum atomic E-state index is 9.21. The number of nitrogens with one attached hydrogen (secondary N) is 1. The zero-order valence-corrected chi connectivity index (χ0v) is 10.3. The minimum absolute atomic E-state index is 0.358. The van der Waals surface area contributed by atoms with Crippen molar-refractivity contribution in [1.29, 1.82) is 5.26 Å². The minimum atomic E-state index is -0.358. The second kappa shape index (κ2) is 5.28. The van der Waals surface area contributed by atoms with Gasteiger partial charge in [0.05, 0.1) is 6.07 Å². The number of rotatable bonds is 7. The summed E-state index contributed by atoms with van der Waals surface area (Å²) in [6, 6.07) is 2.98. The summed E-state index contributed by atoms with van der Waals surface area (Å²) in [5.41, 5.74) is -0.358. The van der Waals surface area contributed by atoms with Crippen molar-refractivity contribution in [3.63, 3.8) is 0 Å². The molecule has 0 aromatic carbocycles.